The number of nitrogens with one attached hydrogen (secondary N) is 1. The summed E-state index contributed by atoms with van der Waals surface area (Å²) in [5.74, 6) is -0.413. The highest BCUT2D eigenvalue weighted by molar-refractivity contribution is 9.10. The van der Waals surface area contributed by atoms with Crippen LogP contribution < -0.4 is 9.62 Å². The van der Waals surface area contributed by atoms with Crippen molar-refractivity contribution in [2.45, 2.75) is 64.1 Å². The van der Waals surface area contributed by atoms with Gasteiger partial charge >= 0.3 is 0 Å². The van der Waals surface area contributed by atoms with Gasteiger partial charge in [-0.15, -0.1) is 0 Å². The summed E-state index contributed by atoms with van der Waals surface area (Å²) in [4.78, 5) is 28.0. The summed E-state index contributed by atoms with van der Waals surface area (Å²) in [5.41, 5.74) is 1.15. The van der Waals surface area contributed by atoms with Crippen LogP contribution in [-0.4, -0.2) is 50.0 Å². The molecule has 0 bridgehead atoms. The van der Waals surface area contributed by atoms with E-state index in [1.54, 1.807) is 17.9 Å². The highest BCUT2D eigenvalue weighted by Gasteiger charge is 2.29. The predicted octanol–water partition coefficient (Wildman–Crippen LogP) is 5.78. The van der Waals surface area contributed by atoms with E-state index in [1.165, 1.54) is 12.1 Å². The van der Waals surface area contributed by atoms with E-state index in [0.717, 1.165) is 46.3 Å². The Hall–Kier alpha value is -1.81. The SMILES string of the molecule is CC(C(=O)NC1CCCC1)N(Cc1ccc(Br)cc1)C(=O)CCCN(c1cc(Cl)ccc1Cl)S(C)(=O)=O. The lowest BCUT2D eigenvalue weighted by Gasteiger charge is -2.30. The topological polar surface area (TPSA) is 86.8 Å². The molecule has 7 nitrogen and oxygen atoms in total. The molecule has 37 heavy (non-hydrogen) atoms. The van der Waals surface area contributed by atoms with Crippen molar-refractivity contribution in [1.82, 2.24) is 10.2 Å². The van der Waals surface area contributed by atoms with Gasteiger partial charge in [0.25, 0.3) is 0 Å². The quantitative estimate of drug-likeness (QED) is 0.340. The Morgan fingerprint density at radius 1 is 1.11 bits per heavy atom. The minimum Gasteiger partial charge on any atom is -0.352 e. The van der Waals surface area contributed by atoms with E-state index >= 15 is 0 Å². The van der Waals surface area contributed by atoms with E-state index in [0.29, 0.717) is 5.02 Å². The number of sulfonamides is 1. The number of carbonyl (C=O) groups is 2. The largest absolute Gasteiger partial charge is 0.352 e. The second kappa shape index (κ2) is 13.3. The molecule has 1 aliphatic carbocycles. The molecule has 2 aromatic carbocycles. The molecule has 0 saturated heterocycles. The lowest BCUT2D eigenvalue weighted by molar-refractivity contribution is -0.141. The van der Waals surface area contributed by atoms with Crippen LogP contribution in [0.5, 0.6) is 0 Å². The van der Waals surface area contributed by atoms with Gasteiger partial charge in [-0.25, -0.2) is 8.42 Å². The highest BCUT2D eigenvalue weighted by atomic mass is 79.9. The van der Waals surface area contributed by atoms with Crippen LogP contribution in [0.1, 0.15) is 51.0 Å². The Bertz CT molecular complexity index is 1200. The van der Waals surface area contributed by atoms with E-state index in [9.17, 15) is 18.0 Å². The van der Waals surface area contributed by atoms with Gasteiger partial charge in [-0.1, -0.05) is 64.1 Å². The molecular weight excluding hydrogens is 601 g/mol. The molecule has 1 saturated carbocycles. The van der Waals surface area contributed by atoms with E-state index in [1.807, 2.05) is 24.3 Å². The Labute approximate surface area is 237 Å². The molecule has 11 heteroatoms. The molecule has 0 radical (unpaired) electrons. The third-order valence-electron chi connectivity index (χ3n) is 6.46. The summed E-state index contributed by atoms with van der Waals surface area (Å²) < 4.78 is 27.1. The van der Waals surface area contributed by atoms with Gasteiger partial charge in [0, 0.05) is 35.0 Å². The molecule has 1 fully saturated rings. The van der Waals surface area contributed by atoms with Crippen molar-refractivity contribution in [2.24, 2.45) is 0 Å². The van der Waals surface area contributed by atoms with E-state index in [-0.39, 0.29) is 54.5 Å². The first-order valence-corrected chi connectivity index (χ1v) is 15.6. The van der Waals surface area contributed by atoms with Gasteiger partial charge in [-0.3, -0.25) is 13.9 Å². The van der Waals surface area contributed by atoms with Crippen LogP contribution in [0, 0.1) is 0 Å². The van der Waals surface area contributed by atoms with Crippen molar-refractivity contribution in [3.05, 3.63) is 62.5 Å². The number of anilines is 1. The smallest absolute Gasteiger partial charge is 0.242 e. The molecule has 1 aliphatic rings. The third kappa shape index (κ3) is 8.60. The predicted molar refractivity (Wildman–Crippen MR) is 152 cm³/mol. The minimum atomic E-state index is -3.67. The third-order valence-corrected chi connectivity index (χ3v) is 8.73. The van der Waals surface area contributed by atoms with Gasteiger partial charge in [0.05, 0.1) is 17.0 Å². The van der Waals surface area contributed by atoms with E-state index in [4.69, 9.17) is 23.2 Å². The number of hydrogen-bond acceptors (Lipinski definition) is 4. The first-order valence-electron chi connectivity index (χ1n) is 12.2. The number of amides is 2. The van der Waals surface area contributed by atoms with Gasteiger partial charge < -0.3 is 10.2 Å². The fourth-order valence-electron chi connectivity index (χ4n) is 4.42. The Kier molecular flexibility index (Phi) is 10.7. The van der Waals surface area contributed by atoms with Gasteiger partial charge in [0.2, 0.25) is 21.8 Å². The molecule has 1 atom stereocenters. The van der Waals surface area contributed by atoms with Crippen molar-refractivity contribution in [3.8, 4) is 0 Å². The van der Waals surface area contributed by atoms with Crippen molar-refractivity contribution in [2.75, 3.05) is 17.1 Å². The molecule has 202 valence electrons. The zero-order valence-corrected chi connectivity index (χ0v) is 24.8. The number of halogens is 3. The van der Waals surface area contributed by atoms with Crippen molar-refractivity contribution in [1.29, 1.82) is 0 Å². The molecule has 0 spiro atoms. The van der Waals surface area contributed by atoms with Crippen LogP contribution in [0.25, 0.3) is 0 Å². The maximum Gasteiger partial charge on any atom is 0.242 e. The van der Waals surface area contributed by atoms with Crippen molar-refractivity contribution in [3.63, 3.8) is 0 Å². The Morgan fingerprint density at radius 3 is 2.38 bits per heavy atom. The van der Waals surface area contributed by atoms with Crippen LogP contribution >= 0.6 is 39.1 Å². The van der Waals surface area contributed by atoms with Gasteiger partial charge in [0.15, 0.2) is 0 Å². The lowest BCUT2D eigenvalue weighted by Crippen LogP contribution is -2.49. The number of carbonyl (C=O) groups excluding carboxylic acids is 2. The first-order chi connectivity index (χ1) is 17.5. The average Bonchev–Trinajstić information content (AvgIpc) is 3.35. The molecule has 2 amide bonds. The van der Waals surface area contributed by atoms with Gasteiger partial charge in [-0.2, -0.15) is 0 Å². The monoisotopic (exact) mass is 631 g/mol. The minimum absolute atomic E-state index is 0.0411. The second-order valence-corrected chi connectivity index (χ2v) is 13.0. The van der Waals surface area contributed by atoms with Crippen molar-refractivity contribution < 1.29 is 18.0 Å². The summed E-state index contributed by atoms with van der Waals surface area (Å²) in [6.45, 7) is 2.04. The maximum atomic E-state index is 13.4. The first kappa shape index (κ1) is 29.7. The van der Waals surface area contributed by atoms with E-state index < -0.39 is 16.1 Å². The second-order valence-electron chi connectivity index (χ2n) is 9.35. The number of hydrogen-bond donors (Lipinski definition) is 1. The molecule has 2 aromatic rings. The van der Waals surface area contributed by atoms with Gasteiger partial charge in [-0.05, 0) is 62.1 Å². The summed E-state index contributed by atoms with van der Waals surface area (Å²) in [6.07, 6.45) is 5.47. The molecular formula is C26H32BrCl2N3O4S. The highest BCUT2D eigenvalue weighted by Crippen LogP contribution is 2.31. The number of benzene rings is 2. The molecule has 0 heterocycles. The maximum absolute atomic E-state index is 13.4. The molecule has 1 N–H and O–H groups in total. The Morgan fingerprint density at radius 2 is 1.76 bits per heavy atom. The summed E-state index contributed by atoms with van der Waals surface area (Å²) in [6, 6.07) is 11.7. The average molecular weight is 633 g/mol. The standard InChI is InChI=1S/C26H32BrCl2N3O4S/c1-18(26(34)30-22-6-3-4-7-22)31(17-19-9-11-20(27)12-10-19)25(33)8-5-15-32(37(2,35)36)24-16-21(28)13-14-23(24)29/h9-14,16,18,22H,3-8,15,17H2,1-2H3,(H,30,34). The van der Waals surface area contributed by atoms with Crippen LogP contribution in [0.15, 0.2) is 46.9 Å². The number of rotatable bonds is 11. The van der Waals surface area contributed by atoms with Gasteiger partial charge in [0.1, 0.15) is 6.04 Å². The zero-order valence-electron chi connectivity index (χ0n) is 20.9. The fraction of sp³-hybridized carbons (Fsp3) is 0.462. The zero-order chi connectivity index (χ0) is 27.2. The summed E-state index contributed by atoms with van der Waals surface area (Å²) >= 11 is 15.7. The van der Waals surface area contributed by atoms with Crippen LogP contribution in [-0.2, 0) is 26.2 Å². The molecule has 1 unspecified atom stereocenters. The normalized spacial score (nSPS) is 14.8. The number of nitrogens with zero attached hydrogens (tertiary/aromatic N) is 2. The summed E-state index contributed by atoms with van der Waals surface area (Å²) in [5, 5.41) is 3.68. The molecule has 0 aliphatic heterocycles. The fourth-order valence-corrected chi connectivity index (χ4v) is 6.09. The molecule has 3 rings (SSSR count). The summed E-state index contributed by atoms with van der Waals surface area (Å²) in [7, 11) is -3.67. The van der Waals surface area contributed by atoms with Crippen molar-refractivity contribution >= 4 is 66.7 Å². The molecule has 0 aromatic heterocycles. The lowest BCUT2D eigenvalue weighted by atomic mass is 10.1. The van der Waals surface area contributed by atoms with Crippen LogP contribution in [0.2, 0.25) is 10.0 Å². The van der Waals surface area contributed by atoms with Crippen LogP contribution in [0.4, 0.5) is 5.69 Å². The van der Waals surface area contributed by atoms with Crippen LogP contribution in [0.3, 0.4) is 0 Å². The van der Waals surface area contributed by atoms with E-state index in [2.05, 4.69) is 21.2 Å². The Balaban J connectivity index is 1.73.